The molecule has 6 nitrogen and oxygen atoms in total. The first-order valence-electron chi connectivity index (χ1n) is 6.15. The summed E-state index contributed by atoms with van der Waals surface area (Å²) in [6, 6.07) is 3.95. The molecule has 3 aromatic rings. The second-order valence-corrected chi connectivity index (χ2v) is 5.69. The van der Waals surface area contributed by atoms with Crippen LogP contribution in [0.5, 0.6) is 0 Å². The maximum Gasteiger partial charge on any atom is 0.232 e. The molecule has 0 aromatic carbocycles. The SMILES string of the molecule is Cc1nnc(NC(=O)Cc2cn3cccc(C)c3n2)s1. The number of imidazole rings is 1. The molecular formula is C13H13N5OS. The number of carbonyl (C=O) groups excluding carboxylic acids is 1. The lowest BCUT2D eigenvalue weighted by Crippen LogP contribution is -2.14. The highest BCUT2D eigenvalue weighted by Crippen LogP contribution is 2.14. The van der Waals surface area contributed by atoms with Crippen molar-refractivity contribution in [2.45, 2.75) is 20.3 Å². The molecule has 1 amide bonds. The topological polar surface area (TPSA) is 72.2 Å². The van der Waals surface area contributed by atoms with E-state index in [-0.39, 0.29) is 12.3 Å². The van der Waals surface area contributed by atoms with E-state index in [0.717, 1.165) is 21.9 Å². The van der Waals surface area contributed by atoms with Gasteiger partial charge in [-0.15, -0.1) is 10.2 Å². The molecule has 7 heteroatoms. The zero-order valence-corrected chi connectivity index (χ0v) is 11.9. The van der Waals surface area contributed by atoms with Gasteiger partial charge in [0, 0.05) is 12.4 Å². The smallest absolute Gasteiger partial charge is 0.232 e. The fourth-order valence-corrected chi connectivity index (χ4v) is 2.57. The van der Waals surface area contributed by atoms with E-state index in [9.17, 15) is 4.79 Å². The Morgan fingerprint density at radius 1 is 1.40 bits per heavy atom. The van der Waals surface area contributed by atoms with E-state index >= 15 is 0 Å². The number of fused-ring (bicyclic) bond motifs is 1. The summed E-state index contributed by atoms with van der Waals surface area (Å²) in [5.74, 6) is -0.137. The summed E-state index contributed by atoms with van der Waals surface area (Å²) >= 11 is 1.35. The Hall–Kier alpha value is -2.28. The molecule has 0 spiro atoms. The van der Waals surface area contributed by atoms with Gasteiger partial charge in [0.05, 0.1) is 12.1 Å². The Balaban J connectivity index is 1.75. The van der Waals surface area contributed by atoms with E-state index < -0.39 is 0 Å². The van der Waals surface area contributed by atoms with Gasteiger partial charge in [-0.3, -0.25) is 4.79 Å². The largest absolute Gasteiger partial charge is 0.307 e. The summed E-state index contributed by atoms with van der Waals surface area (Å²) in [6.45, 7) is 3.84. The minimum atomic E-state index is -0.137. The number of nitrogens with zero attached hydrogens (tertiary/aromatic N) is 4. The highest BCUT2D eigenvalue weighted by molar-refractivity contribution is 7.15. The molecule has 1 N–H and O–H groups in total. The molecule has 0 atom stereocenters. The molecule has 0 radical (unpaired) electrons. The molecule has 0 saturated carbocycles. The van der Waals surface area contributed by atoms with Crippen LogP contribution in [0.25, 0.3) is 5.65 Å². The molecule has 0 aliphatic heterocycles. The molecule has 0 aliphatic carbocycles. The zero-order chi connectivity index (χ0) is 14.1. The third kappa shape index (κ3) is 2.53. The Morgan fingerprint density at radius 2 is 2.25 bits per heavy atom. The lowest BCUT2D eigenvalue weighted by atomic mass is 10.3. The Morgan fingerprint density at radius 3 is 2.95 bits per heavy atom. The number of nitrogens with one attached hydrogen (secondary N) is 1. The van der Waals surface area contributed by atoms with Crippen molar-refractivity contribution >= 4 is 28.0 Å². The summed E-state index contributed by atoms with van der Waals surface area (Å²) in [4.78, 5) is 16.4. The first kappa shape index (κ1) is 12.7. The number of hydrogen-bond acceptors (Lipinski definition) is 5. The predicted octanol–water partition coefficient (Wildman–Crippen LogP) is 1.98. The average molecular weight is 287 g/mol. The summed E-state index contributed by atoms with van der Waals surface area (Å²) in [5, 5.41) is 11.8. The number of aromatic nitrogens is 4. The van der Waals surface area contributed by atoms with Crippen LogP contribution in [0, 0.1) is 13.8 Å². The molecule has 3 aromatic heterocycles. The monoisotopic (exact) mass is 287 g/mol. The van der Waals surface area contributed by atoms with Gasteiger partial charge < -0.3 is 9.72 Å². The summed E-state index contributed by atoms with van der Waals surface area (Å²) < 4.78 is 1.92. The van der Waals surface area contributed by atoms with E-state index in [1.54, 1.807) is 0 Å². The van der Waals surface area contributed by atoms with Crippen molar-refractivity contribution in [3.63, 3.8) is 0 Å². The lowest BCUT2D eigenvalue weighted by molar-refractivity contribution is -0.115. The first-order chi connectivity index (χ1) is 9.61. The van der Waals surface area contributed by atoms with Gasteiger partial charge in [0.25, 0.3) is 0 Å². The summed E-state index contributed by atoms with van der Waals surface area (Å²) in [6.07, 6.45) is 4.01. The highest BCUT2D eigenvalue weighted by Gasteiger charge is 2.10. The van der Waals surface area contributed by atoms with Crippen LogP contribution >= 0.6 is 11.3 Å². The molecule has 0 unspecified atom stereocenters. The number of rotatable bonds is 3. The van der Waals surface area contributed by atoms with Crippen molar-refractivity contribution < 1.29 is 4.79 Å². The Labute approximate surface area is 119 Å². The molecule has 0 saturated heterocycles. The fourth-order valence-electron chi connectivity index (χ4n) is 1.96. The molecule has 0 fully saturated rings. The van der Waals surface area contributed by atoms with Gasteiger partial charge in [-0.1, -0.05) is 17.4 Å². The molecule has 102 valence electrons. The second-order valence-electron chi connectivity index (χ2n) is 4.51. The van der Waals surface area contributed by atoms with Gasteiger partial charge in [0.2, 0.25) is 11.0 Å². The van der Waals surface area contributed by atoms with Crippen LogP contribution in [-0.2, 0) is 11.2 Å². The first-order valence-corrected chi connectivity index (χ1v) is 6.96. The van der Waals surface area contributed by atoms with Crippen molar-refractivity contribution in [2.24, 2.45) is 0 Å². The van der Waals surface area contributed by atoms with Gasteiger partial charge in [0.15, 0.2) is 0 Å². The quantitative estimate of drug-likeness (QED) is 0.799. The van der Waals surface area contributed by atoms with Gasteiger partial charge >= 0.3 is 0 Å². The minimum Gasteiger partial charge on any atom is -0.307 e. The molecule has 3 heterocycles. The number of hydrogen-bond donors (Lipinski definition) is 1. The maximum atomic E-state index is 11.9. The summed E-state index contributed by atoms with van der Waals surface area (Å²) in [5.41, 5.74) is 2.69. The lowest BCUT2D eigenvalue weighted by Gasteiger charge is -1.97. The number of carbonyl (C=O) groups is 1. The zero-order valence-electron chi connectivity index (χ0n) is 11.1. The molecule has 0 bridgehead atoms. The average Bonchev–Trinajstić information content (AvgIpc) is 2.96. The Bertz CT molecular complexity index is 776. The fraction of sp³-hybridized carbons (Fsp3) is 0.231. The van der Waals surface area contributed by atoms with Gasteiger partial charge in [-0.05, 0) is 25.5 Å². The van der Waals surface area contributed by atoms with Crippen molar-refractivity contribution in [1.29, 1.82) is 0 Å². The van der Waals surface area contributed by atoms with Crippen LogP contribution in [0.2, 0.25) is 0 Å². The van der Waals surface area contributed by atoms with Gasteiger partial charge in [0.1, 0.15) is 10.7 Å². The van der Waals surface area contributed by atoms with E-state index in [0.29, 0.717) is 5.13 Å². The Kier molecular flexibility index (Phi) is 3.19. The third-order valence-corrected chi connectivity index (χ3v) is 3.60. The molecular weight excluding hydrogens is 274 g/mol. The second kappa shape index (κ2) is 5.01. The third-order valence-electron chi connectivity index (χ3n) is 2.84. The van der Waals surface area contributed by atoms with Crippen LogP contribution in [0.3, 0.4) is 0 Å². The highest BCUT2D eigenvalue weighted by atomic mass is 32.1. The maximum absolute atomic E-state index is 11.9. The number of anilines is 1. The van der Waals surface area contributed by atoms with Gasteiger partial charge in [-0.2, -0.15) is 0 Å². The number of aryl methyl sites for hydroxylation is 2. The van der Waals surface area contributed by atoms with Crippen molar-refractivity contribution in [1.82, 2.24) is 19.6 Å². The number of pyridine rings is 1. The van der Waals surface area contributed by atoms with E-state index in [2.05, 4.69) is 20.5 Å². The normalized spacial score (nSPS) is 10.9. The van der Waals surface area contributed by atoms with Crippen LogP contribution in [0.4, 0.5) is 5.13 Å². The van der Waals surface area contributed by atoms with Crippen molar-refractivity contribution in [3.8, 4) is 0 Å². The number of amides is 1. The van der Waals surface area contributed by atoms with Crippen molar-refractivity contribution in [3.05, 3.63) is 40.8 Å². The van der Waals surface area contributed by atoms with E-state index in [1.807, 2.05) is 42.8 Å². The van der Waals surface area contributed by atoms with Crippen LogP contribution in [0.1, 0.15) is 16.3 Å². The minimum absolute atomic E-state index is 0.137. The van der Waals surface area contributed by atoms with E-state index in [1.165, 1.54) is 11.3 Å². The van der Waals surface area contributed by atoms with E-state index in [4.69, 9.17) is 0 Å². The van der Waals surface area contributed by atoms with Crippen LogP contribution in [-0.4, -0.2) is 25.5 Å². The standard InChI is InChI=1S/C13H13N5OS/c1-8-4-3-5-18-7-10(14-12(8)18)6-11(19)15-13-17-16-9(2)20-13/h3-5,7H,6H2,1-2H3,(H,15,17,19). The molecule has 20 heavy (non-hydrogen) atoms. The predicted molar refractivity (Wildman–Crippen MR) is 76.9 cm³/mol. The van der Waals surface area contributed by atoms with Crippen LogP contribution < -0.4 is 5.32 Å². The van der Waals surface area contributed by atoms with Crippen molar-refractivity contribution in [2.75, 3.05) is 5.32 Å². The molecule has 3 rings (SSSR count). The molecule has 0 aliphatic rings. The van der Waals surface area contributed by atoms with Gasteiger partial charge in [-0.25, -0.2) is 4.98 Å². The van der Waals surface area contributed by atoms with Crippen LogP contribution in [0.15, 0.2) is 24.5 Å². The summed E-state index contributed by atoms with van der Waals surface area (Å²) in [7, 11) is 0.